The highest BCUT2D eigenvalue weighted by molar-refractivity contribution is 9.10. The summed E-state index contributed by atoms with van der Waals surface area (Å²) in [5, 5.41) is 5.61. The number of hydrogen-bond donors (Lipinski definition) is 3. The Kier molecular flexibility index (Phi) is 6.97. The molecule has 0 saturated carbocycles. The van der Waals surface area contributed by atoms with Gasteiger partial charge in [-0.25, -0.2) is 0 Å². The molecule has 0 aromatic heterocycles. The molecule has 0 fully saturated rings. The van der Waals surface area contributed by atoms with Gasteiger partial charge in [-0.1, -0.05) is 15.9 Å². The van der Waals surface area contributed by atoms with Crippen LogP contribution in [0.25, 0.3) is 0 Å². The van der Waals surface area contributed by atoms with Crippen molar-refractivity contribution in [2.75, 3.05) is 37.9 Å². The molecular weight excluding hydrogens is 386 g/mol. The lowest BCUT2D eigenvalue weighted by atomic mass is 10.3. The Morgan fingerprint density at radius 1 is 0.920 bits per heavy atom. The Morgan fingerprint density at radius 3 is 1.80 bits per heavy atom. The predicted octanol–water partition coefficient (Wildman–Crippen LogP) is 1.55. The zero-order chi connectivity index (χ0) is 18.2. The second-order valence-electron chi connectivity index (χ2n) is 5.64. The molecule has 0 aliphatic rings. The molecule has 1 unspecified atom stereocenters. The largest absolute Gasteiger partial charge is 0.497 e. The monoisotopic (exact) mass is 406 g/mol. The maximum Gasteiger partial charge on any atom is 0.279 e. The number of likely N-dealkylation sites (N-methyl/N-ethyl adjacent to an activating group) is 1. The van der Waals surface area contributed by atoms with Gasteiger partial charge in [-0.2, -0.15) is 0 Å². The van der Waals surface area contributed by atoms with Gasteiger partial charge in [0.2, 0.25) is 0 Å². The van der Waals surface area contributed by atoms with Gasteiger partial charge in [0.25, 0.3) is 11.8 Å². The summed E-state index contributed by atoms with van der Waals surface area (Å²) in [7, 11) is 3.39. The van der Waals surface area contributed by atoms with Crippen LogP contribution in [0.4, 0.5) is 11.4 Å². The summed E-state index contributed by atoms with van der Waals surface area (Å²) in [6, 6.07) is 14.4. The van der Waals surface area contributed by atoms with E-state index in [4.69, 9.17) is 4.74 Å². The number of halogens is 1. The summed E-state index contributed by atoms with van der Waals surface area (Å²) in [5.74, 6) is 0.432. The number of nitrogens with one attached hydrogen (secondary N) is 3. The second kappa shape index (κ2) is 9.19. The molecule has 132 valence electrons. The van der Waals surface area contributed by atoms with E-state index in [1.54, 1.807) is 38.4 Å². The molecule has 25 heavy (non-hydrogen) atoms. The number of anilines is 2. The molecule has 0 radical (unpaired) electrons. The predicted molar refractivity (Wildman–Crippen MR) is 101 cm³/mol. The van der Waals surface area contributed by atoms with E-state index in [1.807, 2.05) is 24.3 Å². The molecular formula is C18H21BrN3O3+. The van der Waals surface area contributed by atoms with E-state index in [0.29, 0.717) is 5.69 Å². The summed E-state index contributed by atoms with van der Waals surface area (Å²) in [6.45, 7) is 0.395. The molecule has 0 saturated heterocycles. The van der Waals surface area contributed by atoms with Gasteiger partial charge in [0.1, 0.15) is 5.75 Å². The smallest absolute Gasteiger partial charge is 0.279 e. The lowest BCUT2D eigenvalue weighted by Gasteiger charge is -2.14. The van der Waals surface area contributed by atoms with Crippen LogP contribution in [0, 0.1) is 0 Å². The fourth-order valence-corrected chi connectivity index (χ4v) is 2.49. The number of hydrogen-bond acceptors (Lipinski definition) is 3. The summed E-state index contributed by atoms with van der Waals surface area (Å²) in [4.78, 5) is 24.9. The van der Waals surface area contributed by atoms with E-state index in [0.717, 1.165) is 20.8 Å². The van der Waals surface area contributed by atoms with E-state index in [1.165, 1.54) is 0 Å². The van der Waals surface area contributed by atoms with Crippen LogP contribution in [0.5, 0.6) is 5.75 Å². The number of ether oxygens (including phenoxy) is 1. The Morgan fingerprint density at radius 2 is 1.36 bits per heavy atom. The Bertz CT molecular complexity index is 717. The first-order valence-electron chi connectivity index (χ1n) is 7.77. The maximum absolute atomic E-state index is 12.1. The fourth-order valence-electron chi connectivity index (χ4n) is 2.23. The van der Waals surface area contributed by atoms with E-state index in [2.05, 4.69) is 26.6 Å². The third-order valence-corrected chi connectivity index (χ3v) is 3.96. The standard InChI is InChI=1S/C18H20BrN3O3/c1-22(11-17(23)20-14-5-3-13(19)4-6-14)12-18(24)21-15-7-9-16(25-2)10-8-15/h3-10H,11-12H2,1-2H3,(H,20,23)(H,21,24)/p+1. The summed E-state index contributed by atoms with van der Waals surface area (Å²) < 4.78 is 6.02. The van der Waals surface area contributed by atoms with Crippen LogP contribution in [-0.2, 0) is 9.59 Å². The summed E-state index contributed by atoms with van der Waals surface area (Å²) in [6.07, 6.45) is 0. The van der Waals surface area contributed by atoms with Crippen LogP contribution < -0.4 is 20.3 Å². The van der Waals surface area contributed by atoms with Crippen molar-refractivity contribution in [3.8, 4) is 5.75 Å². The van der Waals surface area contributed by atoms with Gasteiger partial charge in [-0.3, -0.25) is 9.59 Å². The zero-order valence-electron chi connectivity index (χ0n) is 14.1. The van der Waals surface area contributed by atoms with E-state index in [9.17, 15) is 9.59 Å². The van der Waals surface area contributed by atoms with Crippen LogP contribution in [0.2, 0.25) is 0 Å². The maximum atomic E-state index is 12.1. The molecule has 2 amide bonds. The van der Waals surface area contributed by atoms with Crippen LogP contribution >= 0.6 is 15.9 Å². The molecule has 0 aliphatic heterocycles. The molecule has 2 aromatic rings. The number of amides is 2. The van der Waals surface area contributed by atoms with Crippen molar-refractivity contribution in [1.82, 2.24) is 0 Å². The number of quaternary nitrogens is 1. The average molecular weight is 407 g/mol. The van der Waals surface area contributed by atoms with Crippen molar-refractivity contribution in [2.45, 2.75) is 0 Å². The molecule has 0 bridgehead atoms. The van der Waals surface area contributed by atoms with E-state index >= 15 is 0 Å². The fraction of sp³-hybridized carbons (Fsp3) is 0.222. The highest BCUT2D eigenvalue weighted by Crippen LogP contribution is 2.15. The zero-order valence-corrected chi connectivity index (χ0v) is 15.7. The molecule has 1 atom stereocenters. The van der Waals surface area contributed by atoms with Crippen molar-refractivity contribution in [3.05, 3.63) is 53.0 Å². The van der Waals surface area contributed by atoms with Crippen LogP contribution in [0.1, 0.15) is 0 Å². The molecule has 3 N–H and O–H groups in total. The quantitative estimate of drug-likeness (QED) is 0.653. The highest BCUT2D eigenvalue weighted by atomic mass is 79.9. The third-order valence-electron chi connectivity index (χ3n) is 3.43. The third kappa shape index (κ3) is 6.56. The topological polar surface area (TPSA) is 71.9 Å². The molecule has 2 rings (SSSR count). The first-order chi connectivity index (χ1) is 12.0. The van der Waals surface area contributed by atoms with E-state index < -0.39 is 0 Å². The summed E-state index contributed by atoms with van der Waals surface area (Å²) in [5.41, 5.74) is 1.42. The van der Waals surface area contributed by atoms with Crippen molar-refractivity contribution in [1.29, 1.82) is 0 Å². The van der Waals surface area contributed by atoms with Gasteiger partial charge >= 0.3 is 0 Å². The minimum absolute atomic E-state index is 0.142. The SMILES string of the molecule is COc1ccc(NC(=O)C[NH+](C)CC(=O)Nc2ccc(Br)cc2)cc1. The van der Waals surface area contributed by atoms with Gasteiger partial charge in [0.05, 0.1) is 14.2 Å². The van der Waals surface area contributed by atoms with Gasteiger partial charge in [0, 0.05) is 15.8 Å². The number of rotatable bonds is 7. The van der Waals surface area contributed by atoms with Gasteiger partial charge in [-0.05, 0) is 48.5 Å². The second-order valence-corrected chi connectivity index (χ2v) is 6.56. The summed E-state index contributed by atoms with van der Waals surface area (Å²) >= 11 is 3.35. The van der Waals surface area contributed by atoms with Crippen LogP contribution in [0.3, 0.4) is 0 Å². The van der Waals surface area contributed by atoms with Crippen LogP contribution in [0.15, 0.2) is 53.0 Å². The molecule has 6 nitrogen and oxygen atoms in total. The first kappa shape index (κ1) is 19.0. The Balaban J connectivity index is 1.77. The average Bonchev–Trinajstić information content (AvgIpc) is 2.57. The minimum atomic E-state index is -0.154. The normalized spacial score (nSPS) is 11.5. The minimum Gasteiger partial charge on any atom is -0.497 e. The highest BCUT2D eigenvalue weighted by Gasteiger charge is 2.14. The molecule has 0 heterocycles. The van der Waals surface area contributed by atoms with Crippen molar-refractivity contribution in [3.63, 3.8) is 0 Å². The van der Waals surface area contributed by atoms with Gasteiger partial charge < -0.3 is 20.3 Å². The lowest BCUT2D eigenvalue weighted by Crippen LogP contribution is -3.11. The Labute approximate surface area is 155 Å². The molecule has 0 aliphatic carbocycles. The number of carbonyl (C=O) groups is 2. The van der Waals surface area contributed by atoms with Gasteiger partial charge in [0.15, 0.2) is 13.1 Å². The number of methoxy groups -OCH3 is 1. The van der Waals surface area contributed by atoms with Gasteiger partial charge in [-0.15, -0.1) is 0 Å². The van der Waals surface area contributed by atoms with E-state index in [-0.39, 0.29) is 24.9 Å². The van der Waals surface area contributed by atoms with Crippen LogP contribution in [-0.4, -0.2) is 39.1 Å². The molecule has 2 aromatic carbocycles. The van der Waals surface area contributed by atoms with Crippen molar-refractivity contribution < 1.29 is 19.2 Å². The first-order valence-corrected chi connectivity index (χ1v) is 8.56. The lowest BCUT2D eigenvalue weighted by molar-refractivity contribution is -0.862. The molecule has 7 heteroatoms. The number of carbonyl (C=O) groups excluding carboxylic acids is 2. The molecule has 0 spiro atoms. The van der Waals surface area contributed by atoms with Crippen molar-refractivity contribution in [2.24, 2.45) is 0 Å². The number of benzene rings is 2. The van der Waals surface area contributed by atoms with Crippen molar-refractivity contribution >= 4 is 39.1 Å². The Hall–Kier alpha value is -2.38.